The molecule has 0 bridgehead atoms. The minimum atomic E-state index is -4.86. The van der Waals surface area contributed by atoms with Crippen LogP contribution in [0.15, 0.2) is 18.6 Å². The first-order valence-corrected chi connectivity index (χ1v) is 19.7. The summed E-state index contributed by atoms with van der Waals surface area (Å²) in [6.45, 7) is 15.7. The van der Waals surface area contributed by atoms with Gasteiger partial charge >= 0.3 is 12.1 Å². The topological polar surface area (TPSA) is 86.6 Å². The zero-order chi connectivity index (χ0) is 35.4. The lowest BCUT2D eigenvalue weighted by Crippen LogP contribution is -2.45. The highest BCUT2D eigenvalue weighted by atomic mass is 35.5. The van der Waals surface area contributed by atoms with Gasteiger partial charge < -0.3 is 14.1 Å². The van der Waals surface area contributed by atoms with Crippen LogP contribution < -0.4 is 0 Å². The van der Waals surface area contributed by atoms with E-state index < -0.39 is 54.6 Å². The first-order chi connectivity index (χ1) is 21.8. The molecule has 8 nitrogen and oxygen atoms in total. The van der Waals surface area contributed by atoms with E-state index in [0.717, 1.165) is 29.0 Å². The van der Waals surface area contributed by atoms with E-state index in [0.29, 0.717) is 18.4 Å². The first-order valence-electron chi connectivity index (χ1n) is 16.4. The number of hydrogen-bond donors (Lipinski definition) is 0. The van der Waals surface area contributed by atoms with Crippen molar-refractivity contribution in [3.8, 4) is 0 Å². The molecule has 2 aromatic rings. The van der Waals surface area contributed by atoms with Gasteiger partial charge in [-0.15, -0.1) is 0 Å². The Kier molecular flexibility index (Phi) is 13.0. The fourth-order valence-electron chi connectivity index (χ4n) is 6.45. The molecule has 0 spiro atoms. The van der Waals surface area contributed by atoms with Gasteiger partial charge in [-0.2, -0.15) is 18.3 Å². The largest absolute Gasteiger partial charge is 0.466 e. The van der Waals surface area contributed by atoms with E-state index in [1.165, 1.54) is 17.3 Å². The maximum atomic E-state index is 14.9. The summed E-state index contributed by atoms with van der Waals surface area (Å²) in [6.07, 6.45) is -0.479. The van der Waals surface area contributed by atoms with Gasteiger partial charge in [0.25, 0.3) is 5.91 Å². The van der Waals surface area contributed by atoms with E-state index in [4.69, 9.17) is 32.4 Å². The second-order valence-corrected chi connectivity index (χ2v) is 19.5. The van der Waals surface area contributed by atoms with Crippen molar-refractivity contribution in [3.63, 3.8) is 0 Å². The highest BCUT2D eigenvalue weighted by molar-refractivity contribution is 6.73. The van der Waals surface area contributed by atoms with Gasteiger partial charge in [0.15, 0.2) is 14.0 Å². The molecule has 1 atom stereocenters. The van der Waals surface area contributed by atoms with Gasteiger partial charge in [0, 0.05) is 24.5 Å². The molecule has 0 saturated heterocycles. The lowest BCUT2D eigenvalue weighted by molar-refractivity contribution is -0.157. The third-order valence-corrected chi connectivity index (χ3v) is 14.6. The maximum absolute atomic E-state index is 14.9. The molecule has 47 heavy (non-hydrogen) atoms. The van der Waals surface area contributed by atoms with E-state index in [9.17, 15) is 22.8 Å². The highest BCUT2D eigenvalue weighted by Crippen LogP contribution is 2.44. The van der Waals surface area contributed by atoms with Crippen molar-refractivity contribution < 1.29 is 31.9 Å². The third kappa shape index (κ3) is 9.30. The van der Waals surface area contributed by atoms with Gasteiger partial charge in [-0.3, -0.25) is 19.3 Å². The molecule has 1 fully saturated rings. The van der Waals surface area contributed by atoms with Crippen molar-refractivity contribution in [3.05, 3.63) is 45.5 Å². The number of carbonyl (C=O) groups excluding carboxylic acids is 2. The average Bonchev–Trinajstić information content (AvgIpc) is 3.45. The fourth-order valence-corrected chi connectivity index (χ4v) is 9.86. The van der Waals surface area contributed by atoms with Crippen LogP contribution in [0.1, 0.15) is 115 Å². The number of pyridine rings is 1. The van der Waals surface area contributed by atoms with Crippen LogP contribution in [0.3, 0.4) is 0 Å². The number of esters is 1. The molecule has 2 aromatic heterocycles. The second kappa shape index (κ2) is 15.6. The van der Waals surface area contributed by atoms with E-state index >= 15 is 0 Å². The molecule has 264 valence electrons. The Hall–Kier alpha value is -2.15. The van der Waals surface area contributed by atoms with Crippen molar-refractivity contribution in [1.82, 2.24) is 19.7 Å². The Morgan fingerprint density at radius 3 is 2.06 bits per heavy atom. The Morgan fingerprint density at radius 2 is 1.60 bits per heavy atom. The summed E-state index contributed by atoms with van der Waals surface area (Å²) in [4.78, 5) is 32.4. The molecule has 0 N–H and O–H groups in total. The molecule has 1 saturated carbocycles. The number of aromatic nitrogens is 3. The Labute approximate surface area is 287 Å². The van der Waals surface area contributed by atoms with Crippen LogP contribution in [0.25, 0.3) is 0 Å². The SMILES string of the molecule is CCOC(=O)[C@]1(C)CC[C@@H](n2ncc(C(=O)N(CC(O[Si](CC)(CC)CC)c3c(Cl)cncc3Cl)CC(C)(C)C)c2C(F)(F)F)CC1. The van der Waals surface area contributed by atoms with Crippen LogP contribution in [0, 0.1) is 10.8 Å². The van der Waals surface area contributed by atoms with E-state index in [-0.39, 0.29) is 48.6 Å². The van der Waals surface area contributed by atoms with Crippen molar-refractivity contribution >= 4 is 43.4 Å². The summed E-state index contributed by atoms with van der Waals surface area (Å²) < 4.78 is 57.6. The van der Waals surface area contributed by atoms with Crippen LogP contribution in [-0.2, 0) is 20.1 Å². The predicted octanol–water partition coefficient (Wildman–Crippen LogP) is 9.54. The third-order valence-electron chi connectivity index (χ3n) is 9.34. The number of carbonyl (C=O) groups is 2. The van der Waals surface area contributed by atoms with Gasteiger partial charge in [0.05, 0.1) is 52.5 Å². The first kappa shape index (κ1) is 39.3. The summed E-state index contributed by atoms with van der Waals surface area (Å²) in [7, 11) is -2.34. The van der Waals surface area contributed by atoms with Crippen molar-refractivity contribution in [2.24, 2.45) is 10.8 Å². The fraction of sp³-hybridized carbons (Fsp3) is 0.697. The molecular formula is C33H49Cl2F3N4O4Si. The summed E-state index contributed by atoms with van der Waals surface area (Å²) in [5, 5.41) is 4.67. The highest BCUT2D eigenvalue weighted by Gasteiger charge is 2.46. The van der Waals surface area contributed by atoms with Gasteiger partial charge in [-0.25, -0.2) is 0 Å². The zero-order valence-corrected chi connectivity index (χ0v) is 31.3. The van der Waals surface area contributed by atoms with E-state index in [1.807, 2.05) is 20.8 Å². The molecule has 1 aliphatic carbocycles. The molecule has 3 rings (SSSR count). The van der Waals surface area contributed by atoms with E-state index in [2.05, 4.69) is 30.9 Å². The number of rotatable bonds is 13. The van der Waals surface area contributed by atoms with Crippen LogP contribution in [0.4, 0.5) is 13.2 Å². The number of nitrogens with zero attached hydrogens (tertiary/aromatic N) is 4. The number of hydrogen-bond acceptors (Lipinski definition) is 6. The standard InChI is InChI=1S/C33H49Cl2F3N4O4Si/c1-9-45-30(44)32(8)15-13-22(14-16-32)42-28(33(36,37)38)23(17-40-42)29(43)41(21-31(5,6)7)20-26(46-47(10-2,11-3)12-4)27-24(34)18-39-19-25(27)35/h17-19,22,26H,9-16,20-21H2,1-8H3/t22-,26?,32-. The quantitative estimate of drug-likeness (QED) is 0.151. The summed E-state index contributed by atoms with van der Waals surface area (Å²) in [5.41, 5.74) is -2.42. The van der Waals surface area contributed by atoms with Gasteiger partial charge in [-0.05, 0) is 63.1 Å². The van der Waals surface area contributed by atoms with E-state index in [1.54, 1.807) is 13.8 Å². The lowest BCUT2D eigenvalue weighted by Gasteiger charge is -2.38. The molecule has 1 aliphatic rings. The van der Waals surface area contributed by atoms with Crippen molar-refractivity contribution in [1.29, 1.82) is 0 Å². The molecule has 14 heteroatoms. The molecule has 0 aliphatic heterocycles. The van der Waals surface area contributed by atoms with Gasteiger partial charge in [0.2, 0.25) is 0 Å². The lowest BCUT2D eigenvalue weighted by atomic mass is 9.74. The van der Waals surface area contributed by atoms with Gasteiger partial charge in [-0.1, -0.05) is 64.7 Å². The Balaban J connectivity index is 2.07. The zero-order valence-electron chi connectivity index (χ0n) is 28.8. The maximum Gasteiger partial charge on any atom is 0.433 e. The summed E-state index contributed by atoms with van der Waals surface area (Å²) in [5.74, 6) is -1.16. The Morgan fingerprint density at radius 1 is 1.04 bits per heavy atom. The smallest absolute Gasteiger partial charge is 0.433 e. The normalized spacial score (nSPS) is 19.8. The summed E-state index contributed by atoms with van der Waals surface area (Å²) in [6, 6.07) is 1.76. The van der Waals surface area contributed by atoms with Crippen molar-refractivity contribution in [2.75, 3.05) is 19.7 Å². The molecule has 0 aromatic carbocycles. The summed E-state index contributed by atoms with van der Waals surface area (Å²) >= 11 is 13.2. The molecule has 0 radical (unpaired) electrons. The molecule has 2 heterocycles. The van der Waals surface area contributed by atoms with Crippen LogP contribution >= 0.6 is 23.2 Å². The van der Waals surface area contributed by atoms with Crippen LogP contribution in [0.2, 0.25) is 28.2 Å². The molecule has 1 amide bonds. The second-order valence-electron chi connectivity index (χ2n) is 14.0. The predicted molar refractivity (Wildman–Crippen MR) is 180 cm³/mol. The van der Waals surface area contributed by atoms with Crippen LogP contribution in [-0.4, -0.2) is 59.6 Å². The van der Waals surface area contributed by atoms with Crippen LogP contribution in [0.5, 0.6) is 0 Å². The number of amides is 1. The van der Waals surface area contributed by atoms with Gasteiger partial charge in [0.1, 0.15) is 0 Å². The number of ether oxygens (including phenoxy) is 1. The number of alkyl halides is 3. The average molecular weight is 722 g/mol. The Bertz CT molecular complexity index is 1360. The molecule has 1 unspecified atom stereocenters. The minimum Gasteiger partial charge on any atom is -0.466 e. The number of halogens is 5. The van der Waals surface area contributed by atoms with Crippen molar-refractivity contribution in [2.45, 2.75) is 118 Å². The monoisotopic (exact) mass is 720 g/mol. The molecular weight excluding hydrogens is 672 g/mol. The minimum absolute atomic E-state index is 0.0713.